The Hall–Kier alpha value is -4.03. The standard InChI is InChI=1S/C31H27N3O2S/c35-30-29(21-25-12-5-7-16-28(25)36-22-23-9-2-1-3-10-23)37-31(32-30)34-19-17-33(18-20-34)27-15-8-13-24-11-4-6-14-26(24)27/h1-16,21H,17-20,22H2/b29-21+. The number of carbonyl (C=O) groups is 1. The highest BCUT2D eigenvalue weighted by Gasteiger charge is 2.29. The van der Waals surface area contributed by atoms with Gasteiger partial charge in [-0.15, -0.1) is 0 Å². The molecule has 0 N–H and O–H groups in total. The van der Waals surface area contributed by atoms with Gasteiger partial charge in [0.2, 0.25) is 0 Å². The Bertz CT molecular complexity index is 1490. The summed E-state index contributed by atoms with van der Waals surface area (Å²) in [5, 5.41) is 3.32. The molecule has 0 spiro atoms. The van der Waals surface area contributed by atoms with Crippen molar-refractivity contribution in [1.82, 2.24) is 4.90 Å². The van der Waals surface area contributed by atoms with E-state index in [1.165, 1.54) is 28.2 Å². The molecule has 2 aliphatic rings. The van der Waals surface area contributed by atoms with E-state index >= 15 is 0 Å². The van der Waals surface area contributed by atoms with Gasteiger partial charge in [0.05, 0.1) is 4.91 Å². The topological polar surface area (TPSA) is 45.1 Å². The van der Waals surface area contributed by atoms with Gasteiger partial charge in [-0.05, 0) is 40.9 Å². The van der Waals surface area contributed by atoms with Crippen LogP contribution in [0.3, 0.4) is 0 Å². The van der Waals surface area contributed by atoms with Crippen LogP contribution in [-0.2, 0) is 11.4 Å². The smallest absolute Gasteiger partial charge is 0.286 e. The van der Waals surface area contributed by atoms with Crippen LogP contribution in [0.15, 0.2) is 107 Å². The molecule has 0 radical (unpaired) electrons. The average Bonchev–Trinajstić information content (AvgIpc) is 3.32. The summed E-state index contributed by atoms with van der Waals surface area (Å²) in [5.74, 6) is 0.568. The summed E-state index contributed by atoms with van der Waals surface area (Å²) in [6, 6.07) is 32.9. The summed E-state index contributed by atoms with van der Waals surface area (Å²) >= 11 is 1.46. The van der Waals surface area contributed by atoms with E-state index in [9.17, 15) is 4.79 Å². The summed E-state index contributed by atoms with van der Waals surface area (Å²) in [6.45, 7) is 3.90. The summed E-state index contributed by atoms with van der Waals surface area (Å²) in [6.07, 6.45) is 1.90. The van der Waals surface area contributed by atoms with Crippen molar-refractivity contribution < 1.29 is 9.53 Å². The molecule has 1 amide bonds. The van der Waals surface area contributed by atoms with Crippen LogP contribution in [0.5, 0.6) is 5.75 Å². The molecule has 6 rings (SSSR count). The maximum atomic E-state index is 12.8. The Kier molecular flexibility index (Phi) is 6.65. The lowest BCUT2D eigenvalue weighted by molar-refractivity contribution is -0.113. The minimum absolute atomic E-state index is 0.186. The molecule has 4 aromatic carbocycles. The van der Waals surface area contributed by atoms with Crippen LogP contribution >= 0.6 is 11.8 Å². The Morgan fingerprint density at radius 3 is 2.35 bits per heavy atom. The van der Waals surface area contributed by atoms with Crippen LogP contribution in [0.2, 0.25) is 0 Å². The molecule has 0 unspecified atom stereocenters. The second-order valence-corrected chi connectivity index (χ2v) is 10.1. The third-order valence-corrected chi connectivity index (χ3v) is 7.75. The van der Waals surface area contributed by atoms with Crippen molar-refractivity contribution in [2.45, 2.75) is 6.61 Å². The predicted octanol–water partition coefficient (Wildman–Crippen LogP) is 6.21. The fourth-order valence-corrected chi connectivity index (χ4v) is 5.72. The van der Waals surface area contributed by atoms with Gasteiger partial charge in [-0.25, -0.2) is 0 Å². The lowest BCUT2D eigenvalue weighted by Gasteiger charge is -2.37. The third-order valence-electron chi connectivity index (χ3n) is 6.71. The minimum Gasteiger partial charge on any atom is -0.488 e. The zero-order valence-electron chi connectivity index (χ0n) is 20.4. The van der Waals surface area contributed by atoms with Gasteiger partial charge in [0.15, 0.2) is 5.17 Å². The van der Waals surface area contributed by atoms with Gasteiger partial charge in [0.1, 0.15) is 12.4 Å². The van der Waals surface area contributed by atoms with Crippen molar-refractivity contribution in [3.63, 3.8) is 0 Å². The van der Waals surface area contributed by atoms with E-state index in [4.69, 9.17) is 4.74 Å². The molecule has 0 bridgehead atoms. The van der Waals surface area contributed by atoms with Crippen LogP contribution in [0.25, 0.3) is 16.8 Å². The number of hydrogen-bond acceptors (Lipinski definition) is 5. The van der Waals surface area contributed by atoms with Crippen molar-refractivity contribution in [3.05, 3.63) is 113 Å². The number of nitrogens with zero attached hydrogens (tertiary/aromatic N) is 3. The maximum absolute atomic E-state index is 12.8. The summed E-state index contributed by atoms with van der Waals surface area (Å²) in [7, 11) is 0. The molecule has 0 atom stereocenters. The fourth-order valence-electron chi connectivity index (χ4n) is 4.76. The van der Waals surface area contributed by atoms with E-state index in [1.807, 2.05) is 60.7 Å². The van der Waals surface area contributed by atoms with E-state index in [2.05, 4.69) is 57.3 Å². The molecule has 0 saturated carbocycles. The Morgan fingerprint density at radius 1 is 0.784 bits per heavy atom. The van der Waals surface area contributed by atoms with Gasteiger partial charge in [-0.1, -0.05) is 84.9 Å². The lowest BCUT2D eigenvalue weighted by atomic mass is 10.1. The Morgan fingerprint density at radius 2 is 1.49 bits per heavy atom. The number of carbonyl (C=O) groups excluding carboxylic acids is 1. The third kappa shape index (κ3) is 5.11. The lowest BCUT2D eigenvalue weighted by Crippen LogP contribution is -2.47. The van der Waals surface area contributed by atoms with E-state index in [0.29, 0.717) is 11.5 Å². The van der Waals surface area contributed by atoms with Crippen LogP contribution in [0.1, 0.15) is 11.1 Å². The van der Waals surface area contributed by atoms with Crippen molar-refractivity contribution in [2.24, 2.45) is 4.99 Å². The van der Waals surface area contributed by atoms with Crippen LogP contribution < -0.4 is 9.64 Å². The predicted molar refractivity (Wildman–Crippen MR) is 153 cm³/mol. The van der Waals surface area contributed by atoms with E-state index < -0.39 is 0 Å². The van der Waals surface area contributed by atoms with Gasteiger partial charge in [-0.2, -0.15) is 4.99 Å². The number of hydrogen-bond donors (Lipinski definition) is 0. The molecule has 2 heterocycles. The van der Waals surface area contributed by atoms with Gasteiger partial charge in [0.25, 0.3) is 5.91 Å². The zero-order valence-corrected chi connectivity index (χ0v) is 21.2. The van der Waals surface area contributed by atoms with Crippen LogP contribution in [0.4, 0.5) is 5.69 Å². The highest BCUT2D eigenvalue weighted by atomic mass is 32.2. The number of anilines is 1. The number of fused-ring (bicyclic) bond motifs is 1. The molecule has 2 aliphatic heterocycles. The molecule has 0 aliphatic carbocycles. The molecular formula is C31H27N3O2S. The van der Waals surface area contributed by atoms with Crippen LogP contribution in [-0.4, -0.2) is 42.2 Å². The Balaban J connectivity index is 1.12. The molecule has 1 fully saturated rings. The summed E-state index contributed by atoms with van der Waals surface area (Å²) in [5.41, 5.74) is 3.25. The molecule has 37 heavy (non-hydrogen) atoms. The first-order chi connectivity index (χ1) is 18.2. The fraction of sp³-hybridized carbons (Fsp3) is 0.161. The van der Waals surface area contributed by atoms with Crippen LogP contribution in [0, 0.1) is 0 Å². The van der Waals surface area contributed by atoms with Crippen molar-refractivity contribution >= 4 is 45.4 Å². The maximum Gasteiger partial charge on any atom is 0.286 e. The second kappa shape index (κ2) is 10.5. The minimum atomic E-state index is -0.186. The number of amides is 1. The molecule has 0 aromatic heterocycles. The number of ether oxygens (including phenoxy) is 1. The van der Waals surface area contributed by atoms with E-state index in [0.717, 1.165) is 48.2 Å². The largest absolute Gasteiger partial charge is 0.488 e. The molecule has 5 nitrogen and oxygen atoms in total. The summed E-state index contributed by atoms with van der Waals surface area (Å²) < 4.78 is 6.08. The summed E-state index contributed by atoms with van der Waals surface area (Å²) in [4.78, 5) is 22.5. The highest BCUT2D eigenvalue weighted by Crippen LogP contribution is 2.34. The SMILES string of the molecule is O=C1N=C(N2CCN(c3cccc4ccccc34)CC2)S/C1=C/c1ccccc1OCc1ccccc1. The van der Waals surface area contributed by atoms with Crippen molar-refractivity contribution in [3.8, 4) is 5.75 Å². The van der Waals surface area contributed by atoms with Gasteiger partial charge in [0, 0.05) is 42.8 Å². The molecule has 1 saturated heterocycles. The second-order valence-electron chi connectivity index (χ2n) is 9.09. The average molecular weight is 506 g/mol. The number of piperazine rings is 1. The first-order valence-corrected chi connectivity index (χ1v) is 13.3. The molecule has 6 heteroatoms. The first kappa shape index (κ1) is 23.4. The number of rotatable bonds is 5. The monoisotopic (exact) mass is 505 g/mol. The number of thioether (sulfide) groups is 1. The van der Waals surface area contributed by atoms with Gasteiger partial charge in [-0.3, -0.25) is 4.79 Å². The zero-order chi connectivity index (χ0) is 25.0. The highest BCUT2D eigenvalue weighted by molar-refractivity contribution is 8.18. The molecule has 4 aromatic rings. The number of benzene rings is 4. The van der Waals surface area contributed by atoms with E-state index in [1.54, 1.807) is 0 Å². The molecular weight excluding hydrogens is 478 g/mol. The van der Waals surface area contributed by atoms with Crippen molar-refractivity contribution in [2.75, 3.05) is 31.1 Å². The van der Waals surface area contributed by atoms with Gasteiger partial charge < -0.3 is 14.5 Å². The van der Waals surface area contributed by atoms with Gasteiger partial charge >= 0.3 is 0 Å². The first-order valence-electron chi connectivity index (χ1n) is 12.5. The normalized spacial score (nSPS) is 16.9. The quantitative estimate of drug-likeness (QED) is 0.302. The number of para-hydroxylation sites is 1. The number of amidine groups is 1. The molecule has 184 valence electrons. The number of aliphatic imine (C=N–C) groups is 1. The Labute approximate surface area is 221 Å². The van der Waals surface area contributed by atoms with Crippen molar-refractivity contribution in [1.29, 1.82) is 0 Å². The van der Waals surface area contributed by atoms with E-state index in [-0.39, 0.29) is 5.91 Å².